The van der Waals surface area contributed by atoms with Crippen LogP contribution in [0, 0.1) is 0 Å². The van der Waals surface area contributed by atoms with Gasteiger partial charge in [-0.1, -0.05) is 44.2 Å². The molecule has 0 saturated carbocycles. The van der Waals surface area contributed by atoms with Crippen molar-refractivity contribution >= 4 is 5.70 Å². The summed E-state index contributed by atoms with van der Waals surface area (Å²) in [7, 11) is 0. The van der Waals surface area contributed by atoms with Gasteiger partial charge in [0.25, 0.3) is 0 Å². The molecule has 1 fully saturated rings. The van der Waals surface area contributed by atoms with Crippen molar-refractivity contribution in [1.29, 1.82) is 0 Å². The zero-order valence-electron chi connectivity index (χ0n) is 11.2. The number of hydrogen-bond acceptors (Lipinski definition) is 2. The van der Waals surface area contributed by atoms with Crippen LogP contribution >= 0.6 is 0 Å². The summed E-state index contributed by atoms with van der Waals surface area (Å²) in [5, 5.41) is 0. The first-order chi connectivity index (χ1) is 8.79. The van der Waals surface area contributed by atoms with E-state index in [0.717, 1.165) is 6.54 Å². The molecule has 2 nitrogen and oxygen atoms in total. The highest BCUT2D eigenvalue weighted by atomic mass is 15.3. The highest BCUT2D eigenvalue weighted by molar-refractivity contribution is 5.69. The van der Waals surface area contributed by atoms with Gasteiger partial charge in [-0.25, -0.2) is 0 Å². The molecule has 0 N–H and O–H groups in total. The highest BCUT2D eigenvalue weighted by Gasteiger charge is 2.35. The van der Waals surface area contributed by atoms with Gasteiger partial charge in [-0.2, -0.15) is 0 Å². The zero-order valence-corrected chi connectivity index (χ0v) is 11.2. The second kappa shape index (κ2) is 4.77. The first-order valence-electron chi connectivity index (χ1n) is 7.05. The fourth-order valence-electron chi connectivity index (χ4n) is 3.03. The molecule has 0 amide bonds. The second-order valence-corrected chi connectivity index (χ2v) is 5.50. The van der Waals surface area contributed by atoms with E-state index in [4.69, 9.17) is 0 Å². The number of benzene rings is 1. The fourth-order valence-corrected chi connectivity index (χ4v) is 3.03. The van der Waals surface area contributed by atoms with Gasteiger partial charge in [-0.05, 0) is 18.5 Å². The van der Waals surface area contributed by atoms with Crippen molar-refractivity contribution in [1.82, 2.24) is 9.80 Å². The molecular formula is C16H22N2. The van der Waals surface area contributed by atoms with Crippen LogP contribution in [-0.4, -0.2) is 35.5 Å². The van der Waals surface area contributed by atoms with E-state index in [1.54, 1.807) is 0 Å². The van der Waals surface area contributed by atoms with Gasteiger partial charge in [-0.15, -0.1) is 0 Å². The summed E-state index contributed by atoms with van der Waals surface area (Å²) in [5.74, 6) is 0. The van der Waals surface area contributed by atoms with Crippen LogP contribution in [0.15, 0.2) is 30.8 Å². The minimum Gasteiger partial charge on any atom is -0.362 e. The van der Waals surface area contributed by atoms with Crippen LogP contribution in [0.5, 0.6) is 0 Å². The van der Waals surface area contributed by atoms with Crippen LogP contribution in [0.1, 0.15) is 30.9 Å². The lowest BCUT2D eigenvalue weighted by atomic mass is 10.1. The third-order valence-corrected chi connectivity index (χ3v) is 4.22. The van der Waals surface area contributed by atoms with Crippen LogP contribution in [0.25, 0.3) is 5.70 Å². The van der Waals surface area contributed by atoms with Crippen LogP contribution in [0.3, 0.4) is 0 Å². The molecule has 18 heavy (non-hydrogen) atoms. The molecule has 0 aliphatic carbocycles. The minimum atomic E-state index is 0.682. The smallest absolute Gasteiger partial charge is 0.0547 e. The molecule has 0 unspecified atom stereocenters. The molecule has 2 aliphatic rings. The van der Waals surface area contributed by atoms with Crippen molar-refractivity contribution in [3.8, 4) is 0 Å². The van der Waals surface area contributed by atoms with Crippen LogP contribution in [0.4, 0.5) is 0 Å². The lowest BCUT2D eigenvalue weighted by Gasteiger charge is -2.45. The molecule has 3 rings (SSSR count). The Hall–Kier alpha value is -1.28. The normalized spacial score (nSPS) is 20.1. The first kappa shape index (κ1) is 11.8. The molecule has 0 atom stereocenters. The lowest BCUT2D eigenvalue weighted by Crippen LogP contribution is -2.57. The summed E-state index contributed by atoms with van der Waals surface area (Å²) < 4.78 is 0. The fraction of sp³-hybridized carbons (Fsp3) is 0.500. The average molecular weight is 242 g/mol. The molecule has 0 aromatic heterocycles. The highest BCUT2D eigenvalue weighted by Crippen LogP contribution is 2.35. The van der Waals surface area contributed by atoms with Crippen molar-refractivity contribution in [3.63, 3.8) is 0 Å². The van der Waals surface area contributed by atoms with Gasteiger partial charge in [-0.3, -0.25) is 4.90 Å². The van der Waals surface area contributed by atoms with Gasteiger partial charge in [0.15, 0.2) is 0 Å². The molecule has 96 valence electrons. The van der Waals surface area contributed by atoms with Crippen LogP contribution in [-0.2, 0) is 6.54 Å². The number of unbranched alkanes of at least 4 members (excludes halogenated alkanes) is 1. The lowest BCUT2D eigenvalue weighted by molar-refractivity contribution is 0.0661. The molecule has 2 aliphatic heterocycles. The van der Waals surface area contributed by atoms with Crippen molar-refractivity contribution < 1.29 is 0 Å². The first-order valence-corrected chi connectivity index (χ1v) is 7.05. The van der Waals surface area contributed by atoms with E-state index < -0.39 is 0 Å². The topological polar surface area (TPSA) is 6.48 Å². The Morgan fingerprint density at radius 2 is 2.06 bits per heavy atom. The monoisotopic (exact) mass is 242 g/mol. The summed E-state index contributed by atoms with van der Waals surface area (Å²) >= 11 is 0. The SMILES string of the molecule is C=C1c2ccccc2CN1C1CN(CCCC)C1. The second-order valence-electron chi connectivity index (χ2n) is 5.50. The standard InChI is InChI=1S/C16H22N2/c1-3-4-9-17-11-15(12-17)18-10-14-7-5-6-8-16(14)13(18)2/h5-8,15H,2-4,9-12H2,1H3. The Morgan fingerprint density at radius 1 is 1.28 bits per heavy atom. The van der Waals surface area contributed by atoms with Crippen molar-refractivity contribution in [2.24, 2.45) is 0 Å². The third kappa shape index (κ3) is 1.95. The molecule has 2 heterocycles. The summed E-state index contributed by atoms with van der Waals surface area (Å²) in [6, 6.07) is 9.35. The van der Waals surface area contributed by atoms with Gasteiger partial charge in [0.2, 0.25) is 0 Å². The third-order valence-electron chi connectivity index (χ3n) is 4.22. The number of fused-ring (bicyclic) bond motifs is 1. The van der Waals surface area contributed by atoms with E-state index in [9.17, 15) is 0 Å². The Bertz CT molecular complexity index is 446. The van der Waals surface area contributed by atoms with Gasteiger partial charge < -0.3 is 4.90 Å². The predicted octanol–water partition coefficient (Wildman–Crippen LogP) is 2.96. The summed E-state index contributed by atoms with van der Waals surface area (Å²) in [4.78, 5) is 5.05. The van der Waals surface area contributed by atoms with Crippen molar-refractivity contribution in [2.75, 3.05) is 19.6 Å². The number of rotatable bonds is 4. The predicted molar refractivity (Wildman–Crippen MR) is 76.2 cm³/mol. The molecule has 1 saturated heterocycles. The Morgan fingerprint density at radius 3 is 2.78 bits per heavy atom. The van der Waals surface area contributed by atoms with Crippen molar-refractivity contribution in [2.45, 2.75) is 32.4 Å². The Balaban J connectivity index is 1.60. The maximum Gasteiger partial charge on any atom is 0.0547 e. The molecular weight excluding hydrogens is 220 g/mol. The van der Waals surface area contributed by atoms with Crippen LogP contribution < -0.4 is 0 Å². The number of likely N-dealkylation sites (tertiary alicyclic amines) is 1. The molecule has 1 aromatic rings. The average Bonchev–Trinajstić information content (AvgIpc) is 2.66. The summed E-state index contributed by atoms with van der Waals surface area (Å²) in [6.45, 7) is 11.3. The van der Waals surface area contributed by atoms with Gasteiger partial charge in [0, 0.05) is 30.9 Å². The molecule has 2 heteroatoms. The molecule has 1 aromatic carbocycles. The van der Waals surface area contributed by atoms with Gasteiger partial charge in [0.05, 0.1) is 6.04 Å². The zero-order chi connectivity index (χ0) is 12.5. The molecule has 0 bridgehead atoms. The minimum absolute atomic E-state index is 0.682. The van der Waals surface area contributed by atoms with E-state index in [0.29, 0.717) is 6.04 Å². The van der Waals surface area contributed by atoms with Gasteiger partial charge >= 0.3 is 0 Å². The van der Waals surface area contributed by atoms with Crippen molar-refractivity contribution in [3.05, 3.63) is 42.0 Å². The number of nitrogens with zero attached hydrogens (tertiary/aromatic N) is 2. The van der Waals surface area contributed by atoms with Crippen LogP contribution in [0.2, 0.25) is 0 Å². The van der Waals surface area contributed by atoms with E-state index in [1.165, 1.54) is 49.3 Å². The molecule has 0 radical (unpaired) electrons. The Labute approximate surface area is 110 Å². The van der Waals surface area contributed by atoms with E-state index in [2.05, 4.69) is 47.6 Å². The maximum absolute atomic E-state index is 4.27. The van der Waals surface area contributed by atoms with Gasteiger partial charge in [0.1, 0.15) is 0 Å². The summed E-state index contributed by atoms with van der Waals surface area (Å²) in [6.07, 6.45) is 2.62. The van der Waals surface area contributed by atoms with E-state index in [1.807, 2.05) is 0 Å². The summed E-state index contributed by atoms with van der Waals surface area (Å²) in [5.41, 5.74) is 4.02. The molecule has 0 spiro atoms. The maximum atomic E-state index is 4.27. The quantitative estimate of drug-likeness (QED) is 0.801. The largest absolute Gasteiger partial charge is 0.362 e. The van der Waals surface area contributed by atoms with E-state index >= 15 is 0 Å². The Kier molecular flexibility index (Phi) is 3.13. The number of hydrogen-bond donors (Lipinski definition) is 0. The van der Waals surface area contributed by atoms with E-state index in [-0.39, 0.29) is 0 Å².